The maximum atomic E-state index is 12.9. The molecule has 1 fully saturated rings. The van der Waals surface area contributed by atoms with Crippen molar-refractivity contribution in [2.24, 2.45) is 0 Å². The number of amides is 1. The highest BCUT2D eigenvalue weighted by Gasteiger charge is 2.44. The van der Waals surface area contributed by atoms with Crippen LogP contribution in [0.25, 0.3) is 0 Å². The maximum Gasteiger partial charge on any atom is 0.411 e. The van der Waals surface area contributed by atoms with Gasteiger partial charge in [-0.05, 0) is 37.1 Å². The van der Waals surface area contributed by atoms with Crippen molar-refractivity contribution in [1.29, 1.82) is 0 Å². The third-order valence-corrected chi connectivity index (χ3v) is 5.55. The second-order valence-corrected chi connectivity index (χ2v) is 7.87. The molecular formula is C21H24BrNO3. The lowest BCUT2D eigenvalue weighted by Crippen LogP contribution is -2.49. The highest BCUT2D eigenvalue weighted by atomic mass is 79.9. The molecule has 4 nitrogen and oxygen atoms in total. The standard InChI is InChI=1S/C21H24BrNO3/c1-15(24)14-21(18-6-4-3-5-7-18)12-13-23(20(25)26-21)16(2)17-8-10-19(22)11-9-17/h3-11,15-16,24H,12-14H2,1-2H3/t15?,16-,21-/m0/s1. The van der Waals surface area contributed by atoms with Gasteiger partial charge in [0.05, 0.1) is 12.1 Å². The molecule has 3 rings (SSSR count). The summed E-state index contributed by atoms with van der Waals surface area (Å²) >= 11 is 3.44. The number of hydrogen-bond donors (Lipinski definition) is 1. The van der Waals surface area contributed by atoms with E-state index < -0.39 is 11.7 Å². The lowest BCUT2D eigenvalue weighted by molar-refractivity contribution is -0.0815. The minimum Gasteiger partial charge on any atom is -0.438 e. The van der Waals surface area contributed by atoms with Gasteiger partial charge in [-0.1, -0.05) is 58.4 Å². The lowest BCUT2D eigenvalue weighted by Gasteiger charge is -2.44. The van der Waals surface area contributed by atoms with E-state index in [2.05, 4.69) is 15.9 Å². The molecule has 1 aliphatic heterocycles. The van der Waals surface area contributed by atoms with Crippen LogP contribution >= 0.6 is 15.9 Å². The Balaban J connectivity index is 1.83. The number of ether oxygens (including phenoxy) is 1. The van der Waals surface area contributed by atoms with Crippen LogP contribution in [-0.4, -0.2) is 28.7 Å². The highest BCUT2D eigenvalue weighted by Crippen LogP contribution is 2.40. The summed E-state index contributed by atoms with van der Waals surface area (Å²) in [6, 6.07) is 17.6. The van der Waals surface area contributed by atoms with Crippen molar-refractivity contribution in [3.05, 3.63) is 70.2 Å². The van der Waals surface area contributed by atoms with E-state index in [9.17, 15) is 9.90 Å². The van der Waals surface area contributed by atoms with Crippen LogP contribution in [0.4, 0.5) is 4.79 Å². The second-order valence-electron chi connectivity index (χ2n) is 6.95. The molecule has 1 unspecified atom stereocenters. The van der Waals surface area contributed by atoms with E-state index in [1.165, 1.54) is 0 Å². The average Bonchev–Trinajstić information content (AvgIpc) is 2.62. The molecule has 0 aliphatic carbocycles. The fourth-order valence-corrected chi connectivity index (χ4v) is 3.89. The zero-order valence-corrected chi connectivity index (χ0v) is 16.6. The van der Waals surface area contributed by atoms with Gasteiger partial charge in [-0.15, -0.1) is 0 Å². The van der Waals surface area contributed by atoms with E-state index in [4.69, 9.17) is 4.74 Å². The Hall–Kier alpha value is -1.85. The highest BCUT2D eigenvalue weighted by molar-refractivity contribution is 9.10. The SMILES string of the molecule is CC(O)C[C@]1(c2ccccc2)CCN([C@@H](C)c2ccc(Br)cc2)C(=O)O1. The Kier molecular flexibility index (Phi) is 5.68. The first-order chi connectivity index (χ1) is 12.4. The third-order valence-electron chi connectivity index (χ3n) is 5.02. The number of carbonyl (C=O) groups excluding carboxylic acids is 1. The van der Waals surface area contributed by atoms with Gasteiger partial charge in [-0.25, -0.2) is 4.79 Å². The van der Waals surface area contributed by atoms with Crippen LogP contribution in [0.5, 0.6) is 0 Å². The number of halogens is 1. The van der Waals surface area contributed by atoms with Gasteiger partial charge >= 0.3 is 6.09 Å². The van der Waals surface area contributed by atoms with Gasteiger partial charge in [-0.3, -0.25) is 0 Å². The first-order valence-electron chi connectivity index (χ1n) is 8.90. The molecule has 26 heavy (non-hydrogen) atoms. The van der Waals surface area contributed by atoms with Gasteiger partial charge in [0.25, 0.3) is 0 Å². The Morgan fingerprint density at radius 2 is 1.81 bits per heavy atom. The molecule has 1 amide bonds. The van der Waals surface area contributed by atoms with Crippen molar-refractivity contribution in [3.63, 3.8) is 0 Å². The molecule has 3 atom stereocenters. The Morgan fingerprint density at radius 3 is 2.38 bits per heavy atom. The minimum absolute atomic E-state index is 0.0732. The third kappa shape index (κ3) is 3.94. The zero-order valence-electron chi connectivity index (χ0n) is 15.1. The molecule has 1 heterocycles. The summed E-state index contributed by atoms with van der Waals surface area (Å²) < 4.78 is 6.98. The normalized spacial score (nSPS) is 22.6. The monoisotopic (exact) mass is 417 g/mol. The number of benzene rings is 2. The summed E-state index contributed by atoms with van der Waals surface area (Å²) in [7, 11) is 0. The summed E-state index contributed by atoms with van der Waals surface area (Å²) in [5.74, 6) is 0. The first-order valence-corrected chi connectivity index (χ1v) is 9.69. The molecule has 1 N–H and O–H groups in total. The first kappa shape index (κ1) is 18.9. The van der Waals surface area contributed by atoms with Gasteiger partial charge in [-0.2, -0.15) is 0 Å². The van der Waals surface area contributed by atoms with Crippen molar-refractivity contribution in [2.75, 3.05) is 6.54 Å². The number of nitrogens with zero attached hydrogens (tertiary/aromatic N) is 1. The van der Waals surface area contributed by atoms with Crippen LogP contribution < -0.4 is 0 Å². The van der Waals surface area contributed by atoms with Gasteiger partial charge < -0.3 is 14.7 Å². The maximum absolute atomic E-state index is 12.9. The van der Waals surface area contributed by atoms with Crippen LogP contribution in [0.2, 0.25) is 0 Å². The number of cyclic esters (lactones) is 1. The molecule has 0 bridgehead atoms. The van der Waals surface area contributed by atoms with Crippen molar-refractivity contribution < 1.29 is 14.6 Å². The van der Waals surface area contributed by atoms with E-state index in [1.54, 1.807) is 11.8 Å². The molecule has 2 aromatic rings. The number of hydrogen-bond acceptors (Lipinski definition) is 3. The predicted octanol–water partition coefficient (Wildman–Crippen LogP) is 5.02. The predicted molar refractivity (Wildman–Crippen MR) is 105 cm³/mol. The fourth-order valence-electron chi connectivity index (χ4n) is 3.63. The summed E-state index contributed by atoms with van der Waals surface area (Å²) in [4.78, 5) is 14.6. The quantitative estimate of drug-likeness (QED) is 0.742. The lowest BCUT2D eigenvalue weighted by atomic mass is 9.84. The Labute approximate surface area is 162 Å². The van der Waals surface area contributed by atoms with Crippen molar-refractivity contribution in [1.82, 2.24) is 4.90 Å². The smallest absolute Gasteiger partial charge is 0.411 e. The molecule has 0 spiro atoms. The van der Waals surface area contributed by atoms with Crippen molar-refractivity contribution >= 4 is 22.0 Å². The number of rotatable bonds is 5. The van der Waals surface area contributed by atoms with E-state index in [-0.39, 0.29) is 12.1 Å². The van der Waals surface area contributed by atoms with E-state index in [0.29, 0.717) is 19.4 Å². The summed E-state index contributed by atoms with van der Waals surface area (Å²) in [6.07, 6.45) is 0.146. The summed E-state index contributed by atoms with van der Waals surface area (Å²) in [5, 5.41) is 9.99. The fraction of sp³-hybridized carbons (Fsp3) is 0.381. The molecule has 2 aromatic carbocycles. The molecule has 138 valence electrons. The van der Waals surface area contributed by atoms with Crippen LogP contribution in [0, 0.1) is 0 Å². The number of aliphatic hydroxyl groups excluding tert-OH is 1. The molecule has 0 radical (unpaired) electrons. The molecule has 0 saturated carbocycles. The zero-order chi connectivity index (χ0) is 18.7. The van der Waals surface area contributed by atoms with Gasteiger partial charge in [0.2, 0.25) is 0 Å². The van der Waals surface area contributed by atoms with Crippen LogP contribution in [0.3, 0.4) is 0 Å². The van der Waals surface area contributed by atoms with Crippen LogP contribution in [0.15, 0.2) is 59.1 Å². The molecular weight excluding hydrogens is 394 g/mol. The van der Waals surface area contributed by atoms with E-state index >= 15 is 0 Å². The average molecular weight is 418 g/mol. The Bertz CT molecular complexity index is 748. The minimum atomic E-state index is -0.775. The number of carbonyl (C=O) groups is 1. The largest absolute Gasteiger partial charge is 0.438 e. The molecule has 0 aromatic heterocycles. The van der Waals surface area contributed by atoms with E-state index in [1.807, 2.05) is 61.5 Å². The Morgan fingerprint density at radius 1 is 1.15 bits per heavy atom. The van der Waals surface area contributed by atoms with Gasteiger partial charge in [0, 0.05) is 23.9 Å². The van der Waals surface area contributed by atoms with Crippen molar-refractivity contribution in [3.8, 4) is 0 Å². The second kappa shape index (κ2) is 7.80. The van der Waals surface area contributed by atoms with Crippen molar-refractivity contribution in [2.45, 2.75) is 44.4 Å². The van der Waals surface area contributed by atoms with Gasteiger partial charge in [0.1, 0.15) is 5.60 Å². The molecule has 5 heteroatoms. The summed E-state index contributed by atoms with van der Waals surface area (Å²) in [5.41, 5.74) is 1.22. The summed E-state index contributed by atoms with van der Waals surface area (Å²) in [6.45, 7) is 4.32. The van der Waals surface area contributed by atoms with Gasteiger partial charge in [0.15, 0.2) is 0 Å². The van der Waals surface area contributed by atoms with E-state index in [0.717, 1.165) is 15.6 Å². The topological polar surface area (TPSA) is 49.8 Å². The molecule has 1 saturated heterocycles. The van der Waals surface area contributed by atoms with Crippen LogP contribution in [-0.2, 0) is 10.3 Å². The molecule has 1 aliphatic rings. The number of aliphatic hydroxyl groups is 1. The van der Waals surface area contributed by atoms with Crippen LogP contribution in [0.1, 0.15) is 43.9 Å².